The van der Waals surface area contributed by atoms with E-state index >= 15 is 0 Å². The van der Waals surface area contributed by atoms with Crippen molar-refractivity contribution < 1.29 is 4.79 Å². The highest BCUT2D eigenvalue weighted by molar-refractivity contribution is 8.00. The third kappa shape index (κ3) is 2.95. The van der Waals surface area contributed by atoms with E-state index in [1.54, 1.807) is 0 Å². The zero-order chi connectivity index (χ0) is 16.3. The van der Waals surface area contributed by atoms with Gasteiger partial charge in [-0.2, -0.15) is 0 Å². The maximum atomic E-state index is 12.9. The Morgan fingerprint density at radius 1 is 1.09 bits per heavy atom. The Bertz CT molecular complexity index is 660. The summed E-state index contributed by atoms with van der Waals surface area (Å²) in [5.74, 6) is 1.27. The number of hydrogen-bond acceptors (Lipinski definition) is 2. The first-order chi connectivity index (χ1) is 11.1. The predicted molar refractivity (Wildman–Crippen MR) is 97.6 cm³/mol. The standard InChI is InChI=1S/C19H22N2OS/c1-15(2)19(16-9-5-3-6-10-16)21(13-14-23-19)18(22)20-17-11-7-4-8-12-17/h3-12,15H,13-14H2,1-2H3,(H,20,22). The van der Waals surface area contributed by atoms with E-state index in [1.165, 1.54) is 5.56 Å². The molecule has 1 N–H and O–H groups in total. The SMILES string of the molecule is CC(C)C1(c2ccccc2)SCCN1C(=O)Nc1ccccc1. The zero-order valence-corrected chi connectivity index (χ0v) is 14.3. The van der Waals surface area contributed by atoms with Crippen LogP contribution in [0.1, 0.15) is 19.4 Å². The van der Waals surface area contributed by atoms with E-state index in [0.717, 1.165) is 18.0 Å². The van der Waals surface area contributed by atoms with Gasteiger partial charge in [0.05, 0.1) is 0 Å². The molecule has 3 rings (SSSR count). The molecule has 1 atom stereocenters. The lowest BCUT2D eigenvalue weighted by Gasteiger charge is -2.41. The van der Waals surface area contributed by atoms with Crippen LogP contribution >= 0.6 is 11.8 Å². The molecule has 1 heterocycles. The Balaban J connectivity index is 1.92. The number of thioether (sulfide) groups is 1. The lowest BCUT2D eigenvalue weighted by molar-refractivity contribution is 0.162. The van der Waals surface area contributed by atoms with Crippen LogP contribution in [0.25, 0.3) is 0 Å². The van der Waals surface area contributed by atoms with Crippen molar-refractivity contribution in [2.75, 3.05) is 17.6 Å². The van der Waals surface area contributed by atoms with Crippen LogP contribution in [0.2, 0.25) is 0 Å². The molecule has 0 aromatic heterocycles. The summed E-state index contributed by atoms with van der Waals surface area (Å²) in [5, 5.41) is 3.04. The Kier molecular flexibility index (Phi) is 4.62. The smallest absolute Gasteiger partial charge is 0.308 e. The molecule has 1 saturated heterocycles. The van der Waals surface area contributed by atoms with Gasteiger partial charge in [-0.25, -0.2) is 4.79 Å². The van der Waals surface area contributed by atoms with Gasteiger partial charge in [-0.3, -0.25) is 0 Å². The van der Waals surface area contributed by atoms with Gasteiger partial charge in [-0.05, 0) is 23.6 Å². The van der Waals surface area contributed by atoms with Crippen LogP contribution in [0.4, 0.5) is 10.5 Å². The van der Waals surface area contributed by atoms with E-state index in [0.29, 0.717) is 5.92 Å². The number of benzene rings is 2. The molecule has 0 saturated carbocycles. The average Bonchev–Trinajstić information content (AvgIpc) is 3.03. The minimum Gasteiger partial charge on any atom is -0.308 e. The Labute approximate surface area is 142 Å². The molecule has 120 valence electrons. The predicted octanol–water partition coefficient (Wildman–Crippen LogP) is 4.78. The van der Waals surface area contributed by atoms with Crippen molar-refractivity contribution >= 4 is 23.5 Å². The minimum absolute atomic E-state index is 0.0289. The van der Waals surface area contributed by atoms with Crippen molar-refractivity contribution in [2.24, 2.45) is 5.92 Å². The first-order valence-electron chi connectivity index (χ1n) is 7.98. The van der Waals surface area contributed by atoms with E-state index in [2.05, 4.69) is 31.3 Å². The highest BCUT2D eigenvalue weighted by Crippen LogP contribution is 2.50. The number of amides is 2. The molecular formula is C19H22N2OS. The number of anilines is 1. The summed E-state index contributed by atoms with van der Waals surface area (Å²) in [4.78, 5) is 14.6. The van der Waals surface area contributed by atoms with Gasteiger partial charge < -0.3 is 10.2 Å². The minimum atomic E-state index is -0.305. The van der Waals surface area contributed by atoms with Crippen LogP contribution in [-0.4, -0.2) is 23.2 Å². The maximum absolute atomic E-state index is 12.9. The quantitative estimate of drug-likeness (QED) is 0.880. The third-order valence-corrected chi connectivity index (χ3v) is 6.03. The summed E-state index contributed by atoms with van der Waals surface area (Å²) in [5.41, 5.74) is 2.03. The van der Waals surface area contributed by atoms with E-state index in [-0.39, 0.29) is 10.9 Å². The molecule has 2 amide bonds. The molecule has 1 aliphatic rings. The van der Waals surface area contributed by atoms with Gasteiger partial charge in [0.15, 0.2) is 0 Å². The molecule has 23 heavy (non-hydrogen) atoms. The summed E-state index contributed by atoms with van der Waals surface area (Å²) in [7, 11) is 0. The third-order valence-electron chi connectivity index (χ3n) is 4.28. The molecule has 4 heteroatoms. The Morgan fingerprint density at radius 3 is 2.30 bits per heavy atom. The molecule has 2 aromatic carbocycles. The summed E-state index contributed by atoms with van der Waals surface area (Å²) in [6.07, 6.45) is 0. The first-order valence-corrected chi connectivity index (χ1v) is 8.96. The van der Waals surface area contributed by atoms with Crippen molar-refractivity contribution in [1.29, 1.82) is 0 Å². The number of nitrogens with zero attached hydrogens (tertiary/aromatic N) is 1. The largest absolute Gasteiger partial charge is 0.323 e. The van der Waals surface area contributed by atoms with Crippen molar-refractivity contribution in [1.82, 2.24) is 4.90 Å². The van der Waals surface area contributed by atoms with Crippen molar-refractivity contribution in [2.45, 2.75) is 18.7 Å². The van der Waals surface area contributed by atoms with Crippen LogP contribution in [0.5, 0.6) is 0 Å². The average molecular weight is 326 g/mol. The maximum Gasteiger partial charge on any atom is 0.323 e. The molecule has 0 aliphatic carbocycles. The molecule has 1 aliphatic heterocycles. The second-order valence-corrected chi connectivity index (χ2v) is 7.33. The normalized spacial score (nSPS) is 20.7. The second-order valence-electron chi connectivity index (χ2n) is 6.01. The number of urea groups is 1. The fourth-order valence-corrected chi connectivity index (χ4v) is 4.78. The Hall–Kier alpha value is -1.94. The lowest BCUT2D eigenvalue weighted by atomic mass is 9.93. The fraction of sp³-hybridized carbons (Fsp3) is 0.316. The van der Waals surface area contributed by atoms with Gasteiger partial charge in [-0.1, -0.05) is 62.4 Å². The zero-order valence-electron chi connectivity index (χ0n) is 13.5. The molecule has 1 unspecified atom stereocenters. The van der Waals surface area contributed by atoms with E-state index in [9.17, 15) is 4.79 Å². The van der Waals surface area contributed by atoms with Crippen LogP contribution in [-0.2, 0) is 4.87 Å². The fourth-order valence-electron chi connectivity index (χ4n) is 3.23. The molecular weight excluding hydrogens is 304 g/mol. The number of rotatable bonds is 3. The molecule has 3 nitrogen and oxygen atoms in total. The van der Waals surface area contributed by atoms with Crippen LogP contribution < -0.4 is 5.32 Å². The molecule has 1 fully saturated rings. The molecule has 0 radical (unpaired) electrons. The lowest BCUT2D eigenvalue weighted by Crippen LogP contribution is -2.48. The molecule has 2 aromatic rings. The summed E-state index contributed by atoms with van der Waals surface area (Å²) in [6.45, 7) is 5.14. The van der Waals surface area contributed by atoms with Gasteiger partial charge in [0.1, 0.15) is 4.87 Å². The summed E-state index contributed by atoms with van der Waals surface area (Å²) >= 11 is 1.86. The van der Waals surface area contributed by atoms with E-state index in [4.69, 9.17) is 0 Å². The molecule has 0 spiro atoms. The van der Waals surface area contributed by atoms with Gasteiger partial charge in [0, 0.05) is 18.0 Å². The number of para-hydroxylation sites is 1. The Morgan fingerprint density at radius 2 is 1.70 bits per heavy atom. The second kappa shape index (κ2) is 6.67. The van der Waals surface area contributed by atoms with Crippen LogP contribution in [0.3, 0.4) is 0 Å². The van der Waals surface area contributed by atoms with Gasteiger partial charge in [0.2, 0.25) is 0 Å². The van der Waals surface area contributed by atoms with Crippen molar-refractivity contribution in [3.8, 4) is 0 Å². The molecule has 0 bridgehead atoms. The van der Waals surface area contributed by atoms with E-state index in [1.807, 2.05) is 65.2 Å². The summed E-state index contributed by atoms with van der Waals surface area (Å²) in [6, 6.07) is 20.0. The number of nitrogens with one attached hydrogen (secondary N) is 1. The van der Waals surface area contributed by atoms with Gasteiger partial charge in [0.25, 0.3) is 0 Å². The van der Waals surface area contributed by atoms with Crippen LogP contribution in [0, 0.1) is 5.92 Å². The van der Waals surface area contributed by atoms with E-state index < -0.39 is 0 Å². The highest BCUT2D eigenvalue weighted by Gasteiger charge is 2.48. The topological polar surface area (TPSA) is 32.3 Å². The first kappa shape index (κ1) is 15.9. The number of hydrogen-bond donors (Lipinski definition) is 1. The highest BCUT2D eigenvalue weighted by atomic mass is 32.2. The van der Waals surface area contributed by atoms with Crippen molar-refractivity contribution in [3.05, 3.63) is 66.2 Å². The number of carbonyl (C=O) groups excluding carboxylic acids is 1. The summed E-state index contributed by atoms with van der Waals surface area (Å²) < 4.78 is 0. The van der Waals surface area contributed by atoms with Crippen LogP contribution in [0.15, 0.2) is 60.7 Å². The van der Waals surface area contributed by atoms with Gasteiger partial charge in [-0.15, -0.1) is 11.8 Å². The number of carbonyl (C=O) groups is 1. The van der Waals surface area contributed by atoms with Gasteiger partial charge >= 0.3 is 6.03 Å². The monoisotopic (exact) mass is 326 g/mol. The van der Waals surface area contributed by atoms with Crippen molar-refractivity contribution in [3.63, 3.8) is 0 Å².